The number of hydrogen-bond donors (Lipinski definition) is 1. The molecule has 0 aromatic heterocycles. The summed E-state index contributed by atoms with van der Waals surface area (Å²) in [6.07, 6.45) is 0. The van der Waals surface area contributed by atoms with Gasteiger partial charge in [-0.25, -0.2) is 0 Å². The van der Waals surface area contributed by atoms with Gasteiger partial charge in [-0.15, -0.1) is 0 Å². The number of para-hydroxylation sites is 1. The second kappa shape index (κ2) is 2.90. The fourth-order valence-corrected chi connectivity index (χ4v) is 1.93. The molecule has 4 heteroatoms. The van der Waals surface area contributed by atoms with Crippen molar-refractivity contribution in [1.82, 2.24) is 0 Å². The SMILES string of the molecule is CC(=O)N1c2ccccc2C(=O)C1(C)O. The molecule has 1 atom stereocenters. The first kappa shape index (κ1) is 9.86. The molecule has 1 aromatic rings. The first-order valence-corrected chi connectivity index (χ1v) is 4.63. The molecule has 1 aromatic carbocycles. The third-order valence-corrected chi connectivity index (χ3v) is 2.57. The number of nitrogens with zero attached hydrogens (tertiary/aromatic N) is 1. The lowest BCUT2D eigenvalue weighted by Crippen LogP contribution is -2.50. The van der Waals surface area contributed by atoms with E-state index >= 15 is 0 Å². The van der Waals surface area contributed by atoms with Gasteiger partial charge in [-0.1, -0.05) is 12.1 Å². The van der Waals surface area contributed by atoms with Gasteiger partial charge >= 0.3 is 0 Å². The van der Waals surface area contributed by atoms with Crippen LogP contribution < -0.4 is 4.90 Å². The molecule has 0 saturated carbocycles. The molecule has 1 N–H and O–H groups in total. The normalized spacial score (nSPS) is 24.2. The highest BCUT2D eigenvalue weighted by Crippen LogP contribution is 2.36. The number of anilines is 1. The average molecular weight is 205 g/mol. The number of carbonyl (C=O) groups is 2. The van der Waals surface area contributed by atoms with E-state index in [1.54, 1.807) is 24.3 Å². The molecule has 15 heavy (non-hydrogen) atoms. The molecule has 0 saturated heterocycles. The number of fused-ring (bicyclic) bond motifs is 1. The van der Waals surface area contributed by atoms with Gasteiger partial charge in [0, 0.05) is 12.5 Å². The summed E-state index contributed by atoms with van der Waals surface area (Å²) < 4.78 is 0. The third kappa shape index (κ3) is 1.18. The highest BCUT2D eigenvalue weighted by Gasteiger charge is 2.48. The van der Waals surface area contributed by atoms with Crippen LogP contribution in [0.4, 0.5) is 5.69 Å². The van der Waals surface area contributed by atoms with Gasteiger partial charge in [-0.2, -0.15) is 0 Å². The van der Waals surface area contributed by atoms with Gasteiger partial charge in [0.25, 0.3) is 0 Å². The Morgan fingerprint density at radius 1 is 1.40 bits per heavy atom. The van der Waals surface area contributed by atoms with E-state index in [0.717, 1.165) is 4.90 Å². The van der Waals surface area contributed by atoms with Crippen LogP contribution in [0.2, 0.25) is 0 Å². The molecule has 1 amide bonds. The number of ketones is 1. The molecule has 0 radical (unpaired) electrons. The molecule has 0 fully saturated rings. The van der Waals surface area contributed by atoms with E-state index < -0.39 is 11.5 Å². The Labute approximate surface area is 87.1 Å². The van der Waals surface area contributed by atoms with Gasteiger partial charge in [0.15, 0.2) is 0 Å². The largest absolute Gasteiger partial charge is 0.364 e. The molecule has 0 spiro atoms. The summed E-state index contributed by atoms with van der Waals surface area (Å²) >= 11 is 0. The summed E-state index contributed by atoms with van der Waals surface area (Å²) in [5.74, 6) is -0.786. The van der Waals surface area contributed by atoms with Crippen molar-refractivity contribution in [3.63, 3.8) is 0 Å². The fourth-order valence-electron chi connectivity index (χ4n) is 1.93. The van der Waals surface area contributed by atoms with E-state index in [1.165, 1.54) is 13.8 Å². The van der Waals surface area contributed by atoms with Crippen LogP contribution in [0.25, 0.3) is 0 Å². The van der Waals surface area contributed by atoms with E-state index in [4.69, 9.17) is 0 Å². The maximum Gasteiger partial charge on any atom is 0.226 e. The van der Waals surface area contributed by atoms with Crippen LogP contribution in [-0.4, -0.2) is 22.5 Å². The van der Waals surface area contributed by atoms with Gasteiger partial charge in [-0.3, -0.25) is 14.5 Å². The highest BCUT2D eigenvalue weighted by atomic mass is 16.3. The Morgan fingerprint density at radius 2 is 2.00 bits per heavy atom. The third-order valence-electron chi connectivity index (χ3n) is 2.57. The van der Waals surface area contributed by atoms with Crippen LogP contribution in [0, 0.1) is 0 Å². The van der Waals surface area contributed by atoms with E-state index in [2.05, 4.69) is 0 Å². The zero-order valence-electron chi connectivity index (χ0n) is 8.52. The zero-order chi connectivity index (χ0) is 11.2. The minimum atomic E-state index is -1.75. The summed E-state index contributed by atoms with van der Waals surface area (Å²) in [6.45, 7) is 2.65. The first-order valence-electron chi connectivity index (χ1n) is 4.63. The van der Waals surface area contributed by atoms with Gasteiger partial charge in [0.05, 0.1) is 5.69 Å². The average Bonchev–Trinajstić information content (AvgIpc) is 2.35. The maximum absolute atomic E-state index is 11.8. The summed E-state index contributed by atoms with van der Waals surface area (Å²) in [5.41, 5.74) is -0.895. The standard InChI is InChI=1S/C11H11NO3/c1-7(13)12-9-6-4-3-5-8(9)10(14)11(12,2)15/h3-6,15H,1-2H3. The Kier molecular flexibility index (Phi) is 1.91. The lowest BCUT2D eigenvalue weighted by molar-refractivity contribution is -0.119. The summed E-state index contributed by atoms with van der Waals surface area (Å²) in [5, 5.41) is 9.97. The number of benzene rings is 1. The Hall–Kier alpha value is -1.68. The van der Waals surface area contributed by atoms with Crippen LogP contribution in [0.3, 0.4) is 0 Å². The van der Waals surface area contributed by atoms with Crippen molar-refractivity contribution in [2.24, 2.45) is 0 Å². The van der Waals surface area contributed by atoms with Crippen molar-refractivity contribution in [1.29, 1.82) is 0 Å². The van der Waals surface area contributed by atoms with Crippen molar-refractivity contribution in [2.75, 3.05) is 4.90 Å². The fraction of sp³-hybridized carbons (Fsp3) is 0.273. The van der Waals surface area contributed by atoms with E-state index in [9.17, 15) is 14.7 Å². The number of Topliss-reactive ketones (excluding diaryl/α,β-unsaturated/α-hetero) is 1. The van der Waals surface area contributed by atoms with Gasteiger partial charge in [0.1, 0.15) is 0 Å². The first-order chi connectivity index (χ1) is 6.96. The zero-order valence-corrected chi connectivity index (χ0v) is 8.52. The molecule has 1 aliphatic heterocycles. The Balaban J connectivity index is 2.67. The van der Waals surface area contributed by atoms with E-state index in [1.807, 2.05) is 0 Å². The quantitative estimate of drug-likeness (QED) is 0.685. The molecule has 0 bridgehead atoms. The van der Waals surface area contributed by atoms with Gasteiger partial charge in [-0.05, 0) is 19.1 Å². The molecule has 4 nitrogen and oxygen atoms in total. The van der Waals surface area contributed by atoms with Crippen molar-refractivity contribution in [3.05, 3.63) is 29.8 Å². The van der Waals surface area contributed by atoms with Crippen LogP contribution in [0.5, 0.6) is 0 Å². The monoisotopic (exact) mass is 205 g/mol. The minimum absolute atomic E-state index is 0.349. The van der Waals surface area contributed by atoms with Crippen molar-refractivity contribution < 1.29 is 14.7 Å². The molecule has 1 unspecified atom stereocenters. The van der Waals surface area contributed by atoms with Gasteiger partial charge in [0.2, 0.25) is 17.4 Å². The van der Waals surface area contributed by atoms with E-state index in [0.29, 0.717) is 11.3 Å². The van der Waals surface area contributed by atoms with Crippen molar-refractivity contribution in [2.45, 2.75) is 19.6 Å². The van der Waals surface area contributed by atoms with Crippen molar-refractivity contribution in [3.8, 4) is 0 Å². The molecule has 0 aliphatic carbocycles. The summed E-state index contributed by atoms with van der Waals surface area (Å²) in [6, 6.07) is 6.69. The lowest BCUT2D eigenvalue weighted by atomic mass is 10.1. The molecular weight excluding hydrogens is 194 g/mol. The second-order valence-corrected chi connectivity index (χ2v) is 3.72. The summed E-state index contributed by atoms with van der Waals surface area (Å²) in [7, 11) is 0. The van der Waals surface area contributed by atoms with Crippen LogP contribution >= 0.6 is 0 Å². The molecule has 2 rings (SSSR count). The number of rotatable bonds is 0. The van der Waals surface area contributed by atoms with E-state index in [-0.39, 0.29) is 5.91 Å². The second-order valence-electron chi connectivity index (χ2n) is 3.72. The predicted molar refractivity (Wildman–Crippen MR) is 54.6 cm³/mol. The number of carbonyl (C=O) groups excluding carboxylic acids is 2. The highest BCUT2D eigenvalue weighted by molar-refractivity contribution is 6.18. The van der Waals surface area contributed by atoms with Crippen LogP contribution in [0.1, 0.15) is 24.2 Å². The lowest BCUT2D eigenvalue weighted by Gasteiger charge is -2.27. The summed E-state index contributed by atoms with van der Waals surface area (Å²) in [4.78, 5) is 24.3. The Morgan fingerprint density at radius 3 is 2.60 bits per heavy atom. The van der Waals surface area contributed by atoms with Crippen LogP contribution in [-0.2, 0) is 4.79 Å². The number of amides is 1. The molecule has 1 heterocycles. The predicted octanol–water partition coefficient (Wildman–Crippen LogP) is 0.944. The number of aliphatic hydroxyl groups is 1. The maximum atomic E-state index is 11.8. The van der Waals surface area contributed by atoms with Crippen LogP contribution in [0.15, 0.2) is 24.3 Å². The van der Waals surface area contributed by atoms with Crippen molar-refractivity contribution >= 4 is 17.4 Å². The molecule has 78 valence electrons. The number of hydrogen-bond acceptors (Lipinski definition) is 3. The van der Waals surface area contributed by atoms with Gasteiger partial charge < -0.3 is 5.11 Å². The molecule has 1 aliphatic rings. The Bertz CT molecular complexity index is 451. The minimum Gasteiger partial charge on any atom is -0.364 e. The molecular formula is C11H11NO3. The topological polar surface area (TPSA) is 57.6 Å². The smallest absolute Gasteiger partial charge is 0.226 e.